The highest BCUT2D eigenvalue weighted by Gasteiger charge is 2.15. The van der Waals surface area contributed by atoms with Crippen molar-refractivity contribution >= 4 is 17.6 Å². The molecule has 0 aliphatic heterocycles. The van der Waals surface area contributed by atoms with E-state index in [9.17, 15) is 19.7 Å². The number of nitrogens with one attached hydrogen (secondary N) is 1. The van der Waals surface area contributed by atoms with E-state index < -0.39 is 22.6 Å². The van der Waals surface area contributed by atoms with Crippen molar-refractivity contribution in [2.75, 3.05) is 0 Å². The number of pyridine rings is 1. The van der Waals surface area contributed by atoms with Gasteiger partial charge in [0.1, 0.15) is 6.20 Å². The van der Waals surface area contributed by atoms with Crippen LogP contribution in [0.3, 0.4) is 0 Å². The van der Waals surface area contributed by atoms with Crippen molar-refractivity contribution in [1.29, 1.82) is 0 Å². The fourth-order valence-corrected chi connectivity index (χ4v) is 1.06. The first-order valence-electron chi connectivity index (χ1n) is 5.04. The van der Waals surface area contributed by atoms with Crippen molar-refractivity contribution < 1.29 is 14.5 Å². The van der Waals surface area contributed by atoms with Crippen LogP contribution in [0.25, 0.3) is 0 Å². The Morgan fingerprint density at radius 1 is 1.50 bits per heavy atom. The molecule has 7 heteroatoms. The van der Waals surface area contributed by atoms with Crippen molar-refractivity contribution in [3.8, 4) is 0 Å². The minimum absolute atomic E-state index is 0.00829. The van der Waals surface area contributed by atoms with Crippen molar-refractivity contribution in [2.24, 2.45) is 0 Å². The van der Waals surface area contributed by atoms with Gasteiger partial charge in [0.25, 0.3) is 11.8 Å². The predicted octanol–water partition coefficient (Wildman–Crippen LogP) is 1.21. The molecule has 0 fully saturated rings. The van der Waals surface area contributed by atoms with Crippen LogP contribution in [0, 0.1) is 10.1 Å². The second-order valence-corrected chi connectivity index (χ2v) is 3.41. The third-order valence-electron chi connectivity index (χ3n) is 2.21. The van der Waals surface area contributed by atoms with Gasteiger partial charge in [-0.2, -0.15) is 0 Å². The molecule has 0 radical (unpaired) electrons. The lowest BCUT2D eigenvalue weighted by molar-refractivity contribution is -0.389. The van der Waals surface area contributed by atoms with E-state index in [0.29, 0.717) is 5.57 Å². The summed E-state index contributed by atoms with van der Waals surface area (Å²) in [6, 6.07) is 2.30. The van der Waals surface area contributed by atoms with Gasteiger partial charge >= 0.3 is 5.82 Å². The zero-order valence-electron chi connectivity index (χ0n) is 9.84. The zero-order valence-corrected chi connectivity index (χ0v) is 9.84. The van der Waals surface area contributed by atoms with Crippen LogP contribution in [-0.4, -0.2) is 21.7 Å². The van der Waals surface area contributed by atoms with E-state index in [2.05, 4.69) is 10.3 Å². The highest BCUT2D eigenvalue weighted by atomic mass is 16.6. The summed E-state index contributed by atoms with van der Waals surface area (Å²) in [5.74, 6) is -1.69. The molecule has 0 bridgehead atoms. The van der Waals surface area contributed by atoms with E-state index in [1.54, 1.807) is 19.9 Å². The van der Waals surface area contributed by atoms with E-state index in [4.69, 9.17) is 0 Å². The fraction of sp³-hybridized carbons (Fsp3) is 0.182. The normalized spacial score (nSPS) is 10.9. The summed E-state index contributed by atoms with van der Waals surface area (Å²) < 4.78 is 0. The number of nitro groups is 1. The number of hydrogen-bond acceptors (Lipinski definition) is 5. The lowest BCUT2D eigenvalue weighted by atomic mass is 10.2. The molecule has 1 aromatic rings. The maximum absolute atomic E-state index is 11.6. The molecule has 0 saturated carbocycles. The molecular formula is C11H11N3O4. The molecule has 1 heterocycles. The molecule has 7 nitrogen and oxygen atoms in total. The van der Waals surface area contributed by atoms with Crippen LogP contribution in [0.4, 0.5) is 5.82 Å². The Labute approximate surface area is 103 Å². The molecule has 1 aromatic heterocycles. The number of amides is 2. The number of imide groups is 1. The van der Waals surface area contributed by atoms with Gasteiger partial charge < -0.3 is 10.1 Å². The largest absolute Gasteiger partial charge is 0.364 e. The minimum atomic E-state index is -0.713. The SMILES string of the molecule is C/C=C(\C)C(=O)NC(=O)c1ccnc([N+](=O)[O-])c1. The molecule has 0 saturated heterocycles. The minimum Gasteiger partial charge on any atom is -0.358 e. The van der Waals surface area contributed by atoms with Crippen LogP contribution in [0.5, 0.6) is 0 Å². The van der Waals surface area contributed by atoms with Crippen LogP contribution in [0.1, 0.15) is 24.2 Å². The first-order chi connectivity index (χ1) is 8.45. The summed E-state index contributed by atoms with van der Waals surface area (Å²) >= 11 is 0. The molecule has 0 aliphatic rings. The summed E-state index contributed by atoms with van der Waals surface area (Å²) in [5.41, 5.74) is 0.390. The van der Waals surface area contributed by atoms with E-state index in [1.807, 2.05) is 0 Å². The van der Waals surface area contributed by atoms with Crippen molar-refractivity contribution in [2.45, 2.75) is 13.8 Å². The molecule has 0 unspecified atom stereocenters. The number of nitrogens with zero attached hydrogens (tertiary/aromatic N) is 2. The Morgan fingerprint density at radius 3 is 2.72 bits per heavy atom. The molecule has 94 valence electrons. The van der Waals surface area contributed by atoms with Crippen LogP contribution in [0.15, 0.2) is 30.0 Å². The van der Waals surface area contributed by atoms with Crippen LogP contribution >= 0.6 is 0 Å². The van der Waals surface area contributed by atoms with E-state index >= 15 is 0 Å². The lowest BCUT2D eigenvalue weighted by Crippen LogP contribution is -2.31. The Morgan fingerprint density at radius 2 is 2.17 bits per heavy atom. The van der Waals surface area contributed by atoms with Crippen LogP contribution in [-0.2, 0) is 4.79 Å². The van der Waals surface area contributed by atoms with Crippen molar-refractivity contribution in [1.82, 2.24) is 10.3 Å². The maximum Gasteiger partial charge on any atom is 0.364 e. The summed E-state index contributed by atoms with van der Waals surface area (Å²) in [6.45, 7) is 3.22. The molecule has 2 amide bonds. The first kappa shape index (κ1) is 13.5. The number of hydrogen-bond donors (Lipinski definition) is 1. The average molecular weight is 249 g/mol. The second kappa shape index (κ2) is 5.67. The second-order valence-electron chi connectivity index (χ2n) is 3.41. The quantitative estimate of drug-likeness (QED) is 0.492. The Hall–Kier alpha value is -2.57. The average Bonchev–Trinajstić information content (AvgIpc) is 2.37. The number of carbonyl (C=O) groups excluding carboxylic acids is 2. The van der Waals surface area contributed by atoms with Crippen molar-refractivity contribution in [3.05, 3.63) is 45.7 Å². The number of carbonyl (C=O) groups is 2. The molecule has 0 spiro atoms. The lowest BCUT2D eigenvalue weighted by Gasteiger charge is -2.03. The summed E-state index contributed by atoms with van der Waals surface area (Å²) in [4.78, 5) is 36.3. The topological polar surface area (TPSA) is 102 Å². The van der Waals surface area contributed by atoms with Crippen LogP contribution in [0.2, 0.25) is 0 Å². The standard InChI is InChI=1S/C11H11N3O4/c1-3-7(2)10(15)13-11(16)8-4-5-12-9(6-8)14(17)18/h3-6H,1-2H3,(H,13,15,16)/b7-3+. The molecule has 0 aliphatic carbocycles. The van der Waals surface area contributed by atoms with Crippen molar-refractivity contribution in [3.63, 3.8) is 0 Å². The molecule has 0 atom stereocenters. The highest BCUT2D eigenvalue weighted by Crippen LogP contribution is 2.09. The van der Waals surface area contributed by atoms with Gasteiger partial charge in [-0.3, -0.25) is 14.9 Å². The maximum atomic E-state index is 11.6. The first-order valence-corrected chi connectivity index (χ1v) is 5.04. The van der Waals surface area contributed by atoms with Gasteiger partial charge in [0.2, 0.25) is 0 Å². The summed E-state index contributed by atoms with van der Waals surface area (Å²) in [6.07, 6.45) is 2.69. The van der Waals surface area contributed by atoms with E-state index in [0.717, 1.165) is 12.3 Å². The molecule has 0 aromatic carbocycles. The summed E-state index contributed by atoms with van der Waals surface area (Å²) in [5, 5.41) is 12.6. The monoisotopic (exact) mass is 249 g/mol. The van der Waals surface area contributed by atoms with E-state index in [-0.39, 0.29) is 5.56 Å². The Kier molecular flexibility index (Phi) is 4.25. The molecular weight excluding hydrogens is 238 g/mol. The third-order valence-corrected chi connectivity index (χ3v) is 2.21. The van der Waals surface area contributed by atoms with Gasteiger partial charge in [-0.05, 0) is 29.8 Å². The third kappa shape index (κ3) is 3.21. The zero-order chi connectivity index (χ0) is 13.7. The number of aromatic nitrogens is 1. The van der Waals surface area contributed by atoms with Gasteiger partial charge in [-0.1, -0.05) is 6.08 Å². The van der Waals surface area contributed by atoms with E-state index in [1.165, 1.54) is 6.07 Å². The predicted molar refractivity (Wildman–Crippen MR) is 62.8 cm³/mol. The molecule has 18 heavy (non-hydrogen) atoms. The molecule has 1 N–H and O–H groups in total. The Balaban J connectivity index is 2.88. The number of allylic oxidation sites excluding steroid dienone is 1. The van der Waals surface area contributed by atoms with Gasteiger partial charge in [0, 0.05) is 11.6 Å². The van der Waals surface area contributed by atoms with Gasteiger partial charge in [0.15, 0.2) is 0 Å². The van der Waals surface area contributed by atoms with Crippen LogP contribution < -0.4 is 5.32 Å². The van der Waals surface area contributed by atoms with Gasteiger partial charge in [-0.25, -0.2) is 0 Å². The summed E-state index contributed by atoms with van der Waals surface area (Å²) in [7, 11) is 0. The fourth-order valence-electron chi connectivity index (χ4n) is 1.06. The van der Waals surface area contributed by atoms with Gasteiger partial charge in [-0.15, -0.1) is 0 Å². The highest BCUT2D eigenvalue weighted by molar-refractivity contribution is 6.09. The van der Waals surface area contributed by atoms with Gasteiger partial charge in [0.05, 0.1) is 5.56 Å². The molecule has 1 rings (SSSR count). The smallest absolute Gasteiger partial charge is 0.358 e. The number of rotatable bonds is 3. The Bertz CT molecular complexity index is 537.